The Morgan fingerprint density at radius 1 is 1.15 bits per heavy atom. The Morgan fingerprint density at radius 3 is 2.80 bits per heavy atom. The Kier molecular flexibility index (Phi) is 3.31. The summed E-state index contributed by atoms with van der Waals surface area (Å²) < 4.78 is 0. The lowest BCUT2D eigenvalue weighted by atomic mass is 9.86. The highest BCUT2D eigenvalue weighted by Crippen LogP contribution is 2.49. The Bertz CT molecular complexity index is 484. The lowest BCUT2D eigenvalue weighted by Crippen LogP contribution is -2.42. The van der Waals surface area contributed by atoms with Crippen LogP contribution in [0.3, 0.4) is 0 Å². The van der Waals surface area contributed by atoms with Crippen molar-refractivity contribution in [1.29, 1.82) is 0 Å². The molecule has 0 spiro atoms. The van der Waals surface area contributed by atoms with Gasteiger partial charge in [-0.05, 0) is 54.6 Å². The van der Waals surface area contributed by atoms with E-state index in [-0.39, 0.29) is 0 Å². The van der Waals surface area contributed by atoms with Crippen LogP contribution in [0.15, 0.2) is 24.3 Å². The summed E-state index contributed by atoms with van der Waals surface area (Å²) in [4.78, 5) is 2.69. The predicted molar refractivity (Wildman–Crippen MR) is 82.5 cm³/mol. The Morgan fingerprint density at radius 2 is 2.05 bits per heavy atom. The maximum Gasteiger partial charge on any atom is 0.0473 e. The van der Waals surface area contributed by atoms with Crippen LogP contribution in [0.1, 0.15) is 42.9 Å². The van der Waals surface area contributed by atoms with Crippen molar-refractivity contribution in [3.05, 3.63) is 35.4 Å². The maximum atomic E-state index is 6.12. The molecule has 2 nitrogen and oxygen atoms in total. The van der Waals surface area contributed by atoms with E-state index in [1.165, 1.54) is 56.3 Å². The average Bonchev–Trinajstić information content (AvgIpc) is 3.09. The predicted octanol–water partition coefficient (Wildman–Crippen LogP) is 2.98. The molecular formula is C18H26N2. The van der Waals surface area contributed by atoms with Gasteiger partial charge < -0.3 is 5.73 Å². The summed E-state index contributed by atoms with van der Waals surface area (Å²) in [5.41, 5.74) is 9.13. The third-order valence-corrected chi connectivity index (χ3v) is 6.10. The minimum atomic E-state index is 0.457. The summed E-state index contributed by atoms with van der Waals surface area (Å²) in [6, 6.07) is 9.37. The van der Waals surface area contributed by atoms with Gasteiger partial charge in [-0.25, -0.2) is 0 Å². The molecule has 1 aromatic rings. The molecule has 1 aromatic carbocycles. The van der Waals surface area contributed by atoms with E-state index in [1.54, 1.807) is 0 Å². The van der Waals surface area contributed by atoms with Crippen molar-refractivity contribution in [2.75, 3.05) is 19.6 Å². The number of hydrogen-bond acceptors (Lipinski definition) is 2. The molecule has 0 saturated heterocycles. The van der Waals surface area contributed by atoms with Gasteiger partial charge in [0.15, 0.2) is 0 Å². The molecule has 4 atom stereocenters. The normalized spacial score (nSPS) is 36.2. The van der Waals surface area contributed by atoms with E-state index < -0.39 is 0 Å². The molecule has 0 aromatic heterocycles. The molecule has 2 N–H and O–H groups in total. The second-order valence-electron chi connectivity index (χ2n) is 7.13. The number of rotatable bonds is 3. The summed E-state index contributed by atoms with van der Waals surface area (Å²) in [7, 11) is 0. The number of nitrogens with two attached hydrogens (primary N) is 1. The summed E-state index contributed by atoms with van der Waals surface area (Å²) in [5.74, 6) is 3.03. The molecule has 0 radical (unpaired) electrons. The van der Waals surface area contributed by atoms with Gasteiger partial charge in [0.1, 0.15) is 0 Å². The van der Waals surface area contributed by atoms with Crippen molar-refractivity contribution in [2.45, 2.75) is 38.1 Å². The van der Waals surface area contributed by atoms with Crippen molar-refractivity contribution in [3.63, 3.8) is 0 Å². The van der Waals surface area contributed by atoms with Crippen molar-refractivity contribution in [2.24, 2.45) is 23.5 Å². The molecule has 108 valence electrons. The fourth-order valence-electron chi connectivity index (χ4n) is 5.10. The van der Waals surface area contributed by atoms with Gasteiger partial charge in [0.05, 0.1) is 0 Å². The van der Waals surface area contributed by atoms with Crippen molar-refractivity contribution >= 4 is 0 Å². The standard InChI is InChI=1S/C18H26N2/c19-11-18-17-4-2-1-3-14(17)7-8-20(18)12-16-10-13-5-6-15(16)9-13/h1-4,13,15-16,18H,5-12,19H2. The average molecular weight is 270 g/mol. The van der Waals surface area contributed by atoms with Gasteiger partial charge in [-0.3, -0.25) is 4.90 Å². The van der Waals surface area contributed by atoms with Gasteiger partial charge in [-0.15, -0.1) is 0 Å². The molecule has 2 saturated carbocycles. The highest BCUT2D eigenvalue weighted by Gasteiger charge is 2.41. The minimum absolute atomic E-state index is 0.457. The second kappa shape index (κ2) is 5.16. The van der Waals surface area contributed by atoms with Crippen LogP contribution < -0.4 is 5.73 Å². The molecule has 2 bridgehead atoms. The van der Waals surface area contributed by atoms with Crippen molar-refractivity contribution < 1.29 is 0 Å². The minimum Gasteiger partial charge on any atom is -0.329 e. The van der Waals surface area contributed by atoms with Gasteiger partial charge in [-0.1, -0.05) is 30.7 Å². The molecule has 2 heteroatoms. The SMILES string of the molecule is NCC1c2ccccc2CCN1CC1CC2CCC1C2. The van der Waals surface area contributed by atoms with Crippen LogP contribution in [-0.4, -0.2) is 24.5 Å². The number of hydrogen-bond donors (Lipinski definition) is 1. The molecule has 1 heterocycles. The number of benzene rings is 1. The Hall–Kier alpha value is -0.860. The molecule has 4 rings (SSSR count). The van der Waals surface area contributed by atoms with Crippen LogP contribution in [0.2, 0.25) is 0 Å². The largest absolute Gasteiger partial charge is 0.329 e. The van der Waals surface area contributed by atoms with Crippen LogP contribution in [-0.2, 0) is 6.42 Å². The Balaban J connectivity index is 1.51. The molecule has 2 fully saturated rings. The van der Waals surface area contributed by atoms with Crippen LogP contribution in [0.25, 0.3) is 0 Å². The van der Waals surface area contributed by atoms with Gasteiger partial charge in [0.2, 0.25) is 0 Å². The highest BCUT2D eigenvalue weighted by atomic mass is 15.2. The molecule has 3 aliphatic rings. The first kappa shape index (κ1) is 12.8. The van der Waals surface area contributed by atoms with Gasteiger partial charge >= 0.3 is 0 Å². The fourth-order valence-corrected chi connectivity index (χ4v) is 5.10. The van der Waals surface area contributed by atoms with Gasteiger partial charge in [0.25, 0.3) is 0 Å². The van der Waals surface area contributed by atoms with Crippen molar-refractivity contribution in [1.82, 2.24) is 4.90 Å². The Labute approximate surface area is 122 Å². The fraction of sp³-hybridized carbons (Fsp3) is 0.667. The smallest absolute Gasteiger partial charge is 0.0473 e. The first-order valence-corrected chi connectivity index (χ1v) is 8.37. The van der Waals surface area contributed by atoms with E-state index in [0.29, 0.717) is 6.04 Å². The van der Waals surface area contributed by atoms with E-state index in [0.717, 1.165) is 24.3 Å². The summed E-state index contributed by atoms with van der Waals surface area (Å²) >= 11 is 0. The third-order valence-electron chi connectivity index (χ3n) is 6.10. The topological polar surface area (TPSA) is 29.3 Å². The molecule has 1 aliphatic heterocycles. The number of fused-ring (bicyclic) bond motifs is 3. The highest BCUT2D eigenvalue weighted by molar-refractivity contribution is 5.32. The third kappa shape index (κ3) is 2.10. The van der Waals surface area contributed by atoms with Gasteiger partial charge in [-0.2, -0.15) is 0 Å². The first-order valence-electron chi connectivity index (χ1n) is 8.37. The lowest BCUT2D eigenvalue weighted by Gasteiger charge is -2.39. The van der Waals surface area contributed by atoms with E-state index in [2.05, 4.69) is 29.2 Å². The monoisotopic (exact) mass is 270 g/mol. The van der Waals surface area contributed by atoms with E-state index in [9.17, 15) is 0 Å². The quantitative estimate of drug-likeness (QED) is 0.915. The van der Waals surface area contributed by atoms with Crippen LogP contribution in [0.5, 0.6) is 0 Å². The zero-order valence-electron chi connectivity index (χ0n) is 12.3. The first-order chi connectivity index (χ1) is 9.85. The lowest BCUT2D eigenvalue weighted by molar-refractivity contribution is 0.136. The molecular weight excluding hydrogens is 244 g/mol. The molecule has 0 amide bonds. The van der Waals surface area contributed by atoms with E-state index in [4.69, 9.17) is 5.73 Å². The molecule has 4 unspecified atom stereocenters. The van der Waals surface area contributed by atoms with E-state index in [1.807, 2.05) is 0 Å². The van der Waals surface area contributed by atoms with Crippen molar-refractivity contribution in [3.8, 4) is 0 Å². The van der Waals surface area contributed by atoms with Gasteiger partial charge in [0, 0.05) is 25.7 Å². The maximum absolute atomic E-state index is 6.12. The van der Waals surface area contributed by atoms with Crippen LogP contribution in [0.4, 0.5) is 0 Å². The van der Waals surface area contributed by atoms with E-state index >= 15 is 0 Å². The zero-order chi connectivity index (χ0) is 13.5. The molecule has 2 aliphatic carbocycles. The van der Waals surface area contributed by atoms with Crippen LogP contribution in [0, 0.1) is 17.8 Å². The number of nitrogens with zero attached hydrogens (tertiary/aromatic N) is 1. The second-order valence-corrected chi connectivity index (χ2v) is 7.13. The summed E-state index contributed by atoms with van der Waals surface area (Å²) in [5, 5.41) is 0. The summed E-state index contributed by atoms with van der Waals surface area (Å²) in [6.45, 7) is 3.25. The zero-order valence-corrected chi connectivity index (χ0v) is 12.3. The summed E-state index contributed by atoms with van der Waals surface area (Å²) in [6.07, 6.45) is 7.20. The molecule has 20 heavy (non-hydrogen) atoms. The van der Waals surface area contributed by atoms with Crippen LogP contribution >= 0.6 is 0 Å².